The van der Waals surface area contributed by atoms with Crippen LogP contribution in [0.15, 0.2) is 18.3 Å². The highest BCUT2D eigenvalue weighted by atomic mass is 16.2. The monoisotopic (exact) mass is 344 g/mol. The fraction of sp³-hybridized carbons (Fsp3) is 0.632. The minimum Gasteiger partial charge on any atom is -0.357 e. The van der Waals surface area contributed by atoms with E-state index in [1.54, 1.807) is 0 Å². The average molecular weight is 344 g/mol. The number of aromatic nitrogens is 1. The molecule has 2 saturated heterocycles. The average Bonchev–Trinajstić information content (AvgIpc) is 3.29. The van der Waals surface area contributed by atoms with Crippen LogP contribution in [-0.4, -0.2) is 54.4 Å². The van der Waals surface area contributed by atoms with Crippen molar-refractivity contribution in [3.63, 3.8) is 0 Å². The molecule has 1 aromatic rings. The van der Waals surface area contributed by atoms with Crippen LogP contribution in [0.4, 0.5) is 5.82 Å². The minimum absolute atomic E-state index is 0.0762. The van der Waals surface area contributed by atoms with E-state index in [2.05, 4.69) is 21.3 Å². The van der Waals surface area contributed by atoms with Gasteiger partial charge < -0.3 is 15.1 Å². The molecule has 6 nitrogen and oxygen atoms in total. The van der Waals surface area contributed by atoms with Crippen molar-refractivity contribution < 1.29 is 9.59 Å². The molecule has 25 heavy (non-hydrogen) atoms. The molecular weight excluding hydrogens is 316 g/mol. The summed E-state index contributed by atoms with van der Waals surface area (Å²) in [4.78, 5) is 32.2. The predicted molar refractivity (Wildman–Crippen MR) is 97.4 cm³/mol. The van der Waals surface area contributed by atoms with E-state index in [-0.39, 0.29) is 11.8 Å². The number of rotatable bonds is 8. The topological polar surface area (TPSA) is 65.5 Å². The second-order valence-corrected chi connectivity index (χ2v) is 6.90. The van der Waals surface area contributed by atoms with Gasteiger partial charge in [0.2, 0.25) is 11.8 Å². The summed E-state index contributed by atoms with van der Waals surface area (Å²) < 4.78 is 0. The number of anilines is 1. The summed E-state index contributed by atoms with van der Waals surface area (Å²) in [5.41, 5.74) is 1.16. The Morgan fingerprint density at radius 2 is 2.04 bits per heavy atom. The molecule has 0 radical (unpaired) electrons. The molecule has 3 rings (SSSR count). The van der Waals surface area contributed by atoms with E-state index in [4.69, 9.17) is 0 Å². The SMILES string of the molecule is O=C(CCc1ccnc(N2CCCC2)c1)NCCCN1CCCC1=O. The van der Waals surface area contributed by atoms with E-state index in [9.17, 15) is 9.59 Å². The van der Waals surface area contributed by atoms with Crippen LogP contribution in [0.25, 0.3) is 0 Å². The number of hydrogen-bond acceptors (Lipinski definition) is 4. The van der Waals surface area contributed by atoms with E-state index in [1.165, 1.54) is 12.8 Å². The van der Waals surface area contributed by atoms with Crippen molar-refractivity contribution in [2.75, 3.05) is 37.6 Å². The molecule has 2 fully saturated rings. The van der Waals surface area contributed by atoms with Gasteiger partial charge in [0.05, 0.1) is 0 Å². The quantitative estimate of drug-likeness (QED) is 0.730. The van der Waals surface area contributed by atoms with Crippen molar-refractivity contribution in [3.8, 4) is 0 Å². The third-order valence-electron chi connectivity index (χ3n) is 4.98. The van der Waals surface area contributed by atoms with E-state index < -0.39 is 0 Å². The fourth-order valence-electron chi connectivity index (χ4n) is 3.52. The maximum atomic E-state index is 12.0. The largest absolute Gasteiger partial charge is 0.357 e. The van der Waals surface area contributed by atoms with Crippen molar-refractivity contribution in [2.45, 2.75) is 44.9 Å². The second kappa shape index (κ2) is 8.83. The van der Waals surface area contributed by atoms with Crippen molar-refractivity contribution in [3.05, 3.63) is 23.9 Å². The highest BCUT2D eigenvalue weighted by Crippen LogP contribution is 2.19. The van der Waals surface area contributed by atoms with E-state index >= 15 is 0 Å². The Labute approximate surface area is 149 Å². The van der Waals surface area contributed by atoms with Crippen LogP contribution in [-0.2, 0) is 16.0 Å². The summed E-state index contributed by atoms with van der Waals surface area (Å²) in [7, 11) is 0. The lowest BCUT2D eigenvalue weighted by molar-refractivity contribution is -0.127. The molecule has 0 aromatic carbocycles. The van der Waals surface area contributed by atoms with E-state index in [0.29, 0.717) is 19.4 Å². The first-order chi connectivity index (χ1) is 12.2. The van der Waals surface area contributed by atoms with Gasteiger partial charge in [0.25, 0.3) is 0 Å². The number of likely N-dealkylation sites (tertiary alicyclic amines) is 1. The van der Waals surface area contributed by atoms with Gasteiger partial charge in [-0.05, 0) is 49.8 Å². The number of carbonyl (C=O) groups is 2. The number of nitrogens with zero attached hydrogens (tertiary/aromatic N) is 3. The molecule has 0 unspecified atom stereocenters. The first-order valence-electron chi connectivity index (χ1n) is 9.47. The summed E-state index contributed by atoms with van der Waals surface area (Å²) in [6, 6.07) is 4.10. The molecule has 136 valence electrons. The van der Waals surface area contributed by atoms with Crippen molar-refractivity contribution in [1.29, 1.82) is 0 Å². The van der Waals surface area contributed by atoms with E-state index in [1.807, 2.05) is 17.2 Å². The fourth-order valence-corrected chi connectivity index (χ4v) is 3.52. The molecule has 1 aromatic heterocycles. The number of pyridine rings is 1. The van der Waals surface area contributed by atoms with Gasteiger partial charge in [-0.2, -0.15) is 0 Å². The molecule has 0 atom stereocenters. The predicted octanol–water partition coefficient (Wildman–Crippen LogP) is 1.74. The summed E-state index contributed by atoms with van der Waals surface area (Å²) in [5, 5.41) is 2.96. The van der Waals surface area contributed by atoms with Gasteiger partial charge in [-0.25, -0.2) is 4.98 Å². The number of hydrogen-bond donors (Lipinski definition) is 1. The third-order valence-corrected chi connectivity index (χ3v) is 4.98. The van der Waals surface area contributed by atoms with Crippen LogP contribution >= 0.6 is 0 Å². The molecular formula is C19H28N4O2. The Morgan fingerprint density at radius 1 is 1.20 bits per heavy atom. The lowest BCUT2D eigenvalue weighted by Crippen LogP contribution is -2.30. The summed E-state index contributed by atoms with van der Waals surface area (Å²) in [5.74, 6) is 1.36. The Kier molecular flexibility index (Phi) is 6.25. The van der Waals surface area contributed by atoms with Crippen LogP contribution in [0, 0.1) is 0 Å². The third kappa shape index (κ3) is 5.18. The number of amides is 2. The smallest absolute Gasteiger partial charge is 0.222 e. The first-order valence-corrected chi connectivity index (χ1v) is 9.47. The highest BCUT2D eigenvalue weighted by Gasteiger charge is 2.19. The van der Waals surface area contributed by atoms with Crippen LogP contribution in [0.1, 0.15) is 44.1 Å². The zero-order chi connectivity index (χ0) is 17.5. The van der Waals surface area contributed by atoms with Gasteiger partial charge in [0, 0.05) is 51.8 Å². The van der Waals surface area contributed by atoms with Crippen LogP contribution in [0.5, 0.6) is 0 Å². The molecule has 2 aliphatic rings. The number of aryl methyl sites for hydroxylation is 1. The normalized spacial score (nSPS) is 17.4. The van der Waals surface area contributed by atoms with Crippen molar-refractivity contribution in [2.24, 2.45) is 0 Å². The zero-order valence-electron chi connectivity index (χ0n) is 14.9. The summed E-state index contributed by atoms with van der Waals surface area (Å²) in [6.07, 6.45) is 8.01. The summed E-state index contributed by atoms with van der Waals surface area (Å²) in [6.45, 7) is 4.42. The Bertz CT molecular complexity index is 599. The minimum atomic E-state index is 0.0762. The molecule has 0 saturated carbocycles. The van der Waals surface area contributed by atoms with Gasteiger partial charge >= 0.3 is 0 Å². The van der Waals surface area contributed by atoms with Gasteiger partial charge in [-0.15, -0.1) is 0 Å². The van der Waals surface area contributed by atoms with Gasteiger partial charge in [-0.1, -0.05) is 0 Å². The molecule has 0 bridgehead atoms. The highest BCUT2D eigenvalue weighted by molar-refractivity contribution is 5.78. The molecule has 1 N–H and O–H groups in total. The van der Waals surface area contributed by atoms with Gasteiger partial charge in [0.15, 0.2) is 0 Å². The molecule has 2 aliphatic heterocycles. The lowest BCUT2D eigenvalue weighted by atomic mass is 10.1. The molecule has 0 aliphatic carbocycles. The Balaban J connectivity index is 1.34. The second-order valence-electron chi connectivity index (χ2n) is 6.90. The molecule has 0 spiro atoms. The van der Waals surface area contributed by atoms with Crippen LogP contribution < -0.4 is 10.2 Å². The Hall–Kier alpha value is -2.11. The first kappa shape index (κ1) is 17.7. The van der Waals surface area contributed by atoms with Gasteiger partial charge in [-0.3, -0.25) is 9.59 Å². The van der Waals surface area contributed by atoms with Crippen molar-refractivity contribution >= 4 is 17.6 Å². The standard InChI is InChI=1S/C19H28N4O2/c24-18(21-9-4-14-23-13-3-5-19(23)25)7-6-16-8-10-20-17(15-16)22-11-1-2-12-22/h8,10,15H,1-7,9,11-14H2,(H,21,24). The molecule has 6 heteroatoms. The summed E-state index contributed by atoms with van der Waals surface area (Å²) >= 11 is 0. The van der Waals surface area contributed by atoms with Crippen LogP contribution in [0.2, 0.25) is 0 Å². The van der Waals surface area contributed by atoms with Crippen molar-refractivity contribution in [1.82, 2.24) is 15.2 Å². The zero-order valence-corrected chi connectivity index (χ0v) is 14.9. The number of carbonyl (C=O) groups excluding carboxylic acids is 2. The van der Waals surface area contributed by atoms with E-state index in [0.717, 1.165) is 56.8 Å². The Morgan fingerprint density at radius 3 is 2.80 bits per heavy atom. The molecule has 2 amide bonds. The maximum Gasteiger partial charge on any atom is 0.222 e. The maximum absolute atomic E-state index is 12.0. The lowest BCUT2D eigenvalue weighted by Gasteiger charge is -2.17. The molecule has 3 heterocycles. The van der Waals surface area contributed by atoms with Gasteiger partial charge in [0.1, 0.15) is 5.82 Å². The number of nitrogens with one attached hydrogen (secondary N) is 1. The van der Waals surface area contributed by atoms with Crippen LogP contribution in [0.3, 0.4) is 0 Å².